The zero-order valence-corrected chi connectivity index (χ0v) is 18.7. The van der Waals surface area contributed by atoms with Gasteiger partial charge in [0.2, 0.25) is 5.91 Å². The second-order valence-electron chi connectivity index (χ2n) is 6.41. The molecule has 30 heavy (non-hydrogen) atoms. The molecule has 0 saturated heterocycles. The Labute approximate surface area is 188 Å². The van der Waals surface area contributed by atoms with E-state index in [2.05, 4.69) is 10.3 Å². The average molecular weight is 466 g/mol. The smallest absolute Gasteiger partial charge is 0.262 e. The van der Waals surface area contributed by atoms with E-state index >= 15 is 0 Å². The Balaban J connectivity index is 1.77. The van der Waals surface area contributed by atoms with Crippen molar-refractivity contribution in [1.82, 2.24) is 9.55 Å². The predicted octanol–water partition coefficient (Wildman–Crippen LogP) is 4.86. The van der Waals surface area contributed by atoms with Crippen LogP contribution < -0.4 is 10.9 Å². The third-order valence-corrected chi connectivity index (χ3v) is 5.59. The lowest BCUT2D eigenvalue weighted by Gasteiger charge is -2.13. The maximum atomic E-state index is 13.0. The molecule has 0 bridgehead atoms. The number of aromatic nitrogens is 2. The molecule has 0 radical (unpaired) electrons. The molecule has 0 aliphatic heterocycles. The third kappa shape index (κ3) is 5.98. The molecule has 3 aromatic rings. The summed E-state index contributed by atoms with van der Waals surface area (Å²) >= 11 is 13.2. The van der Waals surface area contributed by atoms with Gasteiger partial charge in [0, 0.05) is 35.5 Å². The molecule has 1 heterocycles. The standard InChI is InChI=1S/C21H21Cl2N3O3S/c1-2-29-9-5-8-26-20(28)17-6-3-4-7-18(17)25-21(26)30-13-19(27)24-16-11-14(22)10-15(23)12-16/h3-4,6-7,10-12H,2,5,8-9,13H2,1H3,(H,24,27). The quantitative estimate of drug-likeness (QED) is 0.277. The zero-order valence-electron chi connectivity index (χ0n) is 16.4. The first-order valence-corrected chi connectivity index (χ1v) is 11.2. The first kappa shape index (κ1) is 22.6. The van der Waals surface area contributed by atoms with E-state index in [4.69, 9.17) is 27.9 Å². The van der Waals surface area contributed by atoms with Gasteiger partial charge in [0.25, 0.3) is 5.56 Å². The number of rotatable bonds is 9. The number of amides is 1. The number of benzene rings is 2. The molecule has 3 rings (SSSR count). The van der Waals surface area contributed by atoms with Crippen LogP contribution in [0, 0.1) is 0 Å². The molecule has 2 aromatic carbocycles. The molecule has 1 N–H and O–H groups in total. The molecule has 0 aliphatic carbocycles. The van der Waals surface area contributed by atoms with Crippen molar-refractivity contribution < 1.29 is 9.53 Å². The molecule has 0 spiro atoms. The van der Waals surface area contributed by atoms with Gasteiger partial charge in [-0.3, -0.25) is 14.2 Å². The maximum absolute atomic E-state index is 13.0. The molecule has 0 unspecified atom stereocenters. The fourth-order valence-electron chi connectivity index (χ4n) is 2.88. The second kappa shape index (κ2) is 10.8. The zero-order chi connectivity index (χ0) is 21.5. The summed E-state index contributed by atoms with van der Waals surface area (Å²) in [6.07, 6.45) is 0.675. The van der Waals surface area contributed by atoms with Crippen molar-refractivity contribution in [3.8, 4) is 0 Å². The summed E-state index contributed by atoms with van der Waals surface area (Å²) in [5, 5.41) is 4.68. The van der Waals surface area contributed by atoms with Gasteiger partial charge in [-0.05, 0) is 43.7 Å². The number of ether oxygens (including phenoxy) is 1. The minimum atomic E-state index is -0.249. The molecule has 0 saturated carbocycles. The lowest BCUT2D eigenvalue weighted by atomic mass is 10.2. The molecule has 1 amide bonds. The summed E-state index contributed by atoms with van der Waals surface area (Å²) in [7, 11) is 0. The Morgan fingerprint density at radius 1 is 1.20 bits per heavy atom. The van der Waals surface area contributed by atoms with Gasteiger partial charge in [0.1, 0.15) is 0 Å². The number of nitrogens with one attached hydrogen (secondary N) is 1. The highest BCUT2D eigenvalue weighted by Crippen LogP contribution is 2.23. The summed E-state index contributed by atoms with van der Waals surface area (Å²) < 4.78 is 6.98. The first-order chi connectivity index (χ1) is 14.5. The van der Waals surface area contributed by atoms with Gasteiger partial charge in [0.05, 0.1) is 16.7 Å². The van der Waals surface area contributed by atoms with E-state index in [0.29, 0.717) is 58.0 Å². The Bertz CT molecular complexity index is 1080. The van der Waals surface area contributed by atoms with E-state index in [0.717, 1.165) is 0 Å². The van der Waals surface area contributed by atoms with Gasteiger partial charge in [-0.2, -0.15) is 0 Å². The van der Waals surface area contributed by atoms with Gasteiger partial charge in [-0.1, -0.05) is 47.1 Å². The number of nitrogens with zero attached hydrogens (tertiary/aromatic N) is 2. The summed E-state index contributed by atoms with van der Waals surface area (Å²) in [6, 6.07) is 12.0. The van der Waals surface area contributed by atoms with Crippen LogP contribution in [0.2, 0.25) is 10.0 Å². The number of hydrogen-bond acceptors (Lipinski definition) is 5. The SMILES string of the molecule is CCOCCCn1c(SCC(=O)Nc2cc(Cl)cc(Cl)c2)nc2ccccc2c1=O. The molecule has 9 heteroatoms. The number of fused-ring (bicyclic) bond motifs is 1. The van der Waals surface area contributed by atoms with Crippen LogP contribution in [0.15, 0.2) is 52.4 Å². The molecule has 6 nitrogen and oxygen atoms in total. The molecule has 1 aromatic heterocycles. The monoisotopic (exact) mass is 465 g/mol. The van der Waals surface area contributed by atoms with E-state index in [1.807, 2.05) is 19.1 Å². The number of carbonyl (C=O) groups is 1. The van der Waals surface area contributed by atoms with Crippen LogP contribution in [0.1, 0.15) is 13.3 Å². The summed E-state index contributed by atoms with van der Waals surface area (Å²) in [4.78, 5) is 30.0. The van der Waals surface area contributed by atoms with Crippen molar-refractivity contribution in [2.24, 2.45) is 0 Å². The molecule has 0 aliphatic rings. The first-order valence-electron chi connectivity index (χ1n) is 9.44. The molecule has 0 fully saturated rings. The third-order valence-electron chi connectivity index (χ3n) is 4.18. The van der Waals surface area contributed by atoms with E-state index in [1.54, 1.807) is 34.9 Å². The van der Waals surface area contributed by atoms with Gasteiger partial charge < -0.3 is 10.1 Å². The normalized spacial score (nSPS) is 11.0. The minimum Gasteiger partial charge on any atom is -0.382 e. The Morgan fingerprint density at radius 3 is 2.67 bits per heavy atom. The second-order valence-corrected chi connectivity index (χ2v) is 8.23. The van der Waals surface area contributed by atoms with Crippen LogP contribution in [0.4, 0.5) is 5.69 Å². The summed E-state index contributed by atoms with van der Waals surface area (Å²) in [6.45, 7) is 3.57. The van der Waals surface area contributed by atoms with Crippen LogP contribution in [0.3, 0.4) is 0 Å². The van der Waals surface area contributed by atoms with Crippen LogP contribution in [0.5, 0.6) is 0 Å². The lowest BCUT2D eigenvalue weighted by molar-refractivity contribution is -0.113. The minimum absolute atomic E-state index is 0.0837. The van der Waals surface area contributed by atoms with Crippen molar-refractivity contribution in [2.45, 2.75) is 25.0 Å². The van der Waals surface area contributed by atoms with Crippen LogP contribution in [-0.2, 0) is 16.1 Å². The molecular formula is C21H21Cl2N3O3S. The number of para-hydroxylation sites is 1. The lowest BCUT2D eigenvalue weighted by Crippen LogP contribution is -2.25. The highest BCUT2D eigenvalue weighted by molar-refractivity contribution is 7.99. The largest absolute Gasteiger partial charge is 0.382 e. The van der Waals surface area contributed by atoms with Crippen LogP contribution in [0.25, 0.3) is 10.9 Å². The van der Waals surface area contributed by atoms with Crippen molar-refractivity contribution in [3.63, 3.8) is 0 Å². The van der Waals surface area contributed by atoms with Crippen LogP contribution in [-0.4, -0.2) is 34.4 Å². The molecule has 0 atom stereocenters. The molecule has 158 valence electrons. The highest BCUT2D eigenvalue weighted by Gasteiger charge is 2.13. The summed E-state index contributed by atoms with van der Waals surface area (Å²) in [5.41, 5.74) is 0.994. The fourth-order valence-corrected chi connectivity index (χ4v) is 4.23. The number of thioether (sulfide) groups is 1. The number of carbonyl (C=O) groups excluding carboxylic acids is 1. The number of hydrogen-bond donors (Lipinski definition) is 1. The van der Waals surface area contributed by atoms with Crippen LogP contribution >= 0.6 is 35.0 Å². The van der Waals surface area contributed by atoms with Crippen molar-refractivity contribution in [2.75, 3.05) is 24.3 Å². The Kier molecular flexibility index (Phi) is 8.16. The topological polar surface area (TPSA) is 73.2 Å². The van der Waals surface area contributed by atoms with Gasteiger partial charge in [0.15, 0.2) is 5.16 Å². The van der Waals surface area contributed by atoms with Gasteiger partial charge in [-0.15, -0.1) is 0 Å². The maximum Gasteiger partial charge on any atom is 0.262 e. The van der Waals surface area contributed by atoms with E-state index in [9.17, 15) is 9.59 Å². The Morgan fingerprint density at radius 2 is 1.93 bits per heavy atom. The highest BCUT2D eigenvalue weighted by atomic mass is 35.5. The van der Waals surface area contributed by atoms with E-state index in [1.165, 1.54) is 11.8 Å². The van der Waals surface area contributed by atoms with E-state index < -0.39 is 0 Å². The summed E-state index contributed by atoms with van der Waals surface area (Å²) in [5.74, 6) is -0.165. The number of anilines is 1. The number of halogens is 2. The Hall–Kier alpha value is -2.06. The van der Waals surface area contributed by atoms with Gasteiger partial charge >= 0.3 is 0 Å². The van der Waals surface area contributed by atoms with Gasteiger partial charge in [-0.25, -0.2) is 4.98 Å². The molecular weight excluding hydrogens is 445 g/mol. The average Bonchev–Trinajstić information content (AvgIpc) is 2.70. The van der Waals surface area contributed by atoms with Crippen molar-refractivity contribution >= 4 is 57.5 Å². The fraction of sp³-hybridized carbons (Fsp3) is 0.286. The van der Waals surface area contributed by atoms with E-state index in [-0.39, 0.29) is 17.2 Å². The predicted molar refractivity (Wildman–Crippen MR) is 123 cm³/mol. The van der Waals surface area contributed by atoms with Crippen molar-refractivity contribution in [3.05, 3.63) is 62.9 Å². The van der Waals surface area contributed by atoms with Crippen molar-refractivity contribution in [1.29, 1.82) is 0 Å².